The Labute approximate surface area is 154 Å². The topological polar surface area (TPSA) is 17.4 Å². The van der Waals surface area contributed by atoms with Crippen molar-refractivity contribution in [3.8, 4) is 5.75 Å². The van der Waals surface area contributed by atoms with Gasteiger partial charge in [-0.25, -0.2) is 4.39 Å². The Balaban J connectivity index is 1.37. The molecule has 136 valence electrons. The predicted molar refractivity (Wildman–Crippen MR) is 103 cm³/mol. The number of halogens is 1. The average Bonchev–Trinajstić information content (AvgIpc) is 3.11. The number of aromatic nitrogens is 1. The molecule has 1 fully saturated rings. The lowest BCUT2D eigenvalue weighted by atomic mass is 10.0. The quantitative estimate of drug-likeness (QED) is 0.664. The van der Waals surface area contributed by atoms with E-state index in [-0.39, 0.29) is 5.82 Å². The summed E-state index contributed by atoms with van der Waals surface area (Å²) in [6.45, 7) is 3.25. The van der Waals surface area contributed by atoms with E-state index in [4.69, 9.17) is 4.74 Å². The normalized spacial score (nSPS) is 16.2. The number of benzene rings is 2. The number of hydrogen-bond acceptors (Lipinski definition) is 2. The van der Waals surface area contributed by atoms with Gasteiger partial charge in [-0.15, -0.1) is 0 Å². The van der Waals surface area contributed by atoms with Crippen molar-refractivity contribution in [2.45, 2.75) is 25.3 Å². The van der Waals surface area contributed by atoms with E-state index in [0.717, 1.165) is 44.6 Å². The van der Waals surface area contributed by atoms with E-state index in [1.165, 1.54) is 16.5 Å². The Morgan fingerprint density at radius 3 is 2.54 bits per heavy atom. The first-order chi connectivity index (χ1) is 12.7. The second-order valence-corrected chi connectivity index (χ2v) is 7.10. The van der Waals surface area contributed by atoms with Crippen LogP contribution in [-0.4, -0.2) is 36.2 Å². The number of nitrogens with zero attached hydrogens (tertiary/aromatic N) is 2. The van der Waals surface area contributed by atoms with Gasteiger partial charge in [-0.1, -0.05) is 12.1 Å². The summed E-state index contributed by atoms with van der Waals surface area (Å²) in [5.41, 5.74) is 2.46. The van der Waals surface area contributed by atoms with E-state index < -0.39 is 0 Å². The molecule has 1 aliphatic rings. The van der Waals surface area contributed by atoms with Crippen LogP contribution in [0.2, 0.25) is 0 Å². The summed E-state index contributed by atoms with van der Waals surface area (Å²) in [5.74, 6) is 0.749. The third-order valence-electron chi connectivity index (χ3n) is 5.51. The highest BCUT2D eigenvalue weighted by Gasteiger charge is 2.21. The maximum atomic E-state index is 13.0. The molecule has 0 saturated carbocycles. The molecule has 26 heavy (non-hydrogen) atoms. The molecule has 0 radical (unpaired) electrons. The van der Waals surface area contributed by atoms with E-state index in [1.807, 2.05) is 18.2 Å². The first kappa shape index (κ1) is 17.1. The van der Waals surface area contributed by atoms with Gasteiger partial charge in [-0.2, -0.15) is 0 Å². The second-order valence-electron chi connectivity index (χ2n) is 7.10. The SMILES string of the molecule is COc1ccc2ccn(C3CCN(CCc4ccc(F)cc4)CC3)c2c1. The monoisotopic (exact) mass is 352 g/mol. The number of hydrogen-bond donors (Lipinski definition) is 0. The summed E-state index contributed by atoms with van der Waals surface area (Å²) in [6.07, 6.45) is 5.51. The molecule has 2 heterocycles. The van der Waals surface area contributed by atoms with Crippen molar-refractivity contribution in [1.82, 2.24) is 9.47 Å². The fourth-order valence-corrected chi connectivity index (χ4v) is 3.93. The molecule has 2 aromatic carbocycles. The van der Waals surface area contributed by atoms with Gasteiger partial charge in [0.05, 0.1) is 12.6 Å². The number of methoxy groups -OCH3 is 1. The molecular formula is C22H25FN2O. The van der Waals surface area contributed by atoms with Crippen LogP contribution in [0, 0.1) is 5.82 Å². The summed E-state index contributed by atoms with van der Waals surface area (Å²) in [4.78, 5) is 2.52. The standard InChI is InChI=1S/C22H25FN2O/c1-26-21-7-4-18-9-15-25(22(18)16-21)20-10-13-24(14-11-20)12-8-17-2-5-19(23)6-3-17/h2-7,9,15-16,20H,8,10-14H2,1H3. The lowest BCUT2D eigenvalue weighted by Crippen LogP contribution is -2.35. The molecule has 3 nitrogen and oxygen atoms in total. The van der Waals surface area contributed by atoms with Crippen LogP contribution in [0.1, 0.15) is 24.4 Å². The van der Waals surface area contributed by atoms with E-state index >= 15 is 0 Å². The molecule has 4 heteroatoms. The smallest absolute Gasteiger partial charge is 0.123 e. The molecule has 1 aromatic heterocycles. The van der Waals surface area contributed by atoms with Crippen molar-refractivity contribution in [3.63, 3.8) is 0 Å². The average molecular weight is 352 g/mol. The highest BCUT2D eigenvalue weighted by atomic mass is 19.1. The van der Waals surface area contributed by atoms with Crippen LogP contribution in [0.5, 0.6) is 5.75 Å². The lowest BCUT2D eigenvalue weighted by Gasteiger charge is -2.33. The molecule has 3 aromatic rings. The largest absolute Gasteiger partial charge is 0.497 e. The Kier molecular flexibility index (Phi) is 4.93. The van der Waals surface area contributed by atoms with Crippen LogP contribution >= 0.6 is 0 Å². The van der Waals surface area contributed by atoms with Crippen molar-refractivity contribution in [2.75, 3.05) is 26.7 Å². The van der Waals surface area contributed by atoms with Gasteiger partial charge in [0, 0.05) is 37.9 Å². The molecule has 0 amide bonds. The second kappa shape index (κ2) is 7.50. The molecular weight excluding hydrogens is 327 g/mol. The molecule has 1 saturated heterocycles. The third kappa shape index (κ3) is 3.61. The van der Waals surface area contributed by atoms with Crippen LogP contribution in [0.4, 0.5) is 4.39 Å². The number of ether oxygens (including phenoxy) is 1. The predicted octanol–water partition coefficient (Wildman–Crippen LogP) is 4.67. The Bertz CT molecular complexity index is 863. The van der Waals surface area contributed by atoms with Crippen LogP contribution in [0.15, 0.2) is 54.7 Å². The highest BCUT2D eigenvalue weighted by molar-refractivity contribution is 5.81. The Hall–Kier alpha value is -2.33. The first-order valence-electron chi connectivity index (χ1n) is 9.34. The number of fused-ring (bicyclic) bond motifs is 1. The van der Waals surface area contributed by atoms with Crippen molar-refractivity contribution < 1.29 is 9.13 Å². The Morgan fingerprint density at radius 2 is 1.81 bits per heavy atom. The van der Waals surface area contributed by atoms with Gasteiger partial charge in [-0.05, 0) is 60.5 Å². The zero-order chi connectivity index (χ0) is 17.9. The molecule has 0 spiro atoms. The lowest BCUT2D eigenvalue weighted by molar-refractivity contribution is 0.190. The molecule has 0 atom stereocenters. The van der Waals surface area contributed by atoms with Crippen LogP contribution in [0.3, 0.4) is 0 Å². The van der Waals surface area contributed by atoms with Crippen molar-refractivity contribution >= 4 is 10.9 Å². The van der Waals surface area contributed by atoms with Crippen LogP contribution in [0.25, 0.3) is 10.9 Å². The fraction of sp³-hybridized carbons (Fsp3) is 0.364. The zero-order valence-electron chi connectivity index (χ0n) is 15.2. The molecule has 1 aliphatic heterocycles. The van der Waals surface area contributed by atoms with Gasteiger partial charge >= 0.3 is 0 Å². The van der Waals surface area contributed by atoms with Gasteiger partial charge in [-0.3, -0.25) is 0 Å². The van der Waals surface area contributed by atoms with Crippen LogP contribution < -0.4 is 4.74 Å². The van der Waals surface area contributed by atoms with Crippen molar-refractivity contribution in [3.05, 3.63) is 66.1 Å². The highest BCUT2D eigenvalue weighted by Crippen LogP contribution is 2.29. The van der Waals surface area contributed by atoms with E-state index in [1.54, 1.807) is 19.2 Å². The fourth-order valence-electron chi connectivity index (χ4n) is 3.93. The number of piperidine rings is 1. The van der Waals surface area contributed by atoms with Gasteiger partial charge in [0.15, 0.2) is 0 Å². The van der Waals surface area contributed by atoms with Gasteiger partial charge in [0.2, 0.25) is 0 Å². The maximum absolute atomic E-state index is 13.0. The summed E-state index contributed by atoms with van der Waals surface area (Å²) in [7, 11) is 1.72. The van der Waals surface area contributed by atoms with E-state index in [9.17, 15) is 4.39 Å². The molecule has 0 bridgehead atoms. The minimum Gasteiger partial charge on any atom is -0.497 e. The summed E-state index contributed by atoms with van der Waals surface area (Å²) in [6, 6.07) is 15.9. The minimum atomic E-state index is -0.162. The first-order valence-corrected chi connectivity index (χ1v) is 9.34. The number of rotatable bonds is 5. The van der Waals surface area contributed by atoms with Crippen molar-refractivity contribution in [2.24, 2.45) is 0 Å². The van der Waals surface area contributed by atoms with Gasteiger partial charge in [0.1, 0.15) is 11.6 Å². The zero-order valence-corrected chi connectivity index (χ0v) is 15.2. The van der Waals surface area contributed by atoms with E-state index in [2.05, 4.69) is 33.9 Å². The van der Waals surface area contributed by atoms with E-state index in [0.29, 0.717) is 6.04 Å². The molecule has 0 N–H and O–H groups in total. The number of likely N-dealkylation sites (tertiary alicyclic amines) is 1. The maximum Gasteiger partial charge on any atom is 0.123 e. The molecule has 4 rings (SSSR count). The van der Waals surface area contributed by atoms with Gasteiger partial charge in [0.25, 0.3) is 0 Å². The Morgan fingerprint density at radius 1 is 1.04 bits per heavy atom. The van der Waals surface area contributed by atoms with Crippen LogP contribution in [-0.2, 0) is 6.42 Å². The summed E-state index contributed by atoms with van der Waals surface area (Å²) < 4.78 is 20.8. The summed E-state index contributed by atoms with van der Waals surface area (Å²) >= 11 is 0. The molecule has 0 unspecified atom stereocenters. The van der Waals surface area contributed by atoms with Crippen molar-refractivity contribution in [1.29, 1.82) is 0 Å². The summed E-state index contributed by atoms with van der Waals surface area (Å²) in [5, 5.41) is 1.27. The third-order valence-corrected chi connectivity index (χ3v) is 5.51. The minimum absolute atomic E-state index is 0.162. The molecule has 0 aliphatic carbocycles. The van der Waals surface area contributed by atoms with Gasteiger partial charge < -0.3 is 14.2 Å².